The van der Waals surface area contributed by atoms with E-state index in [2.05, 4.69) is 9.97 Å². The lowest BCUT2D eigenvalue weighted by molar-refractivity contribution is 0.463. The Labute approximate surface area is 193 Å². The summed E-state index contributed by atoms with van der Waals surface area (Å²) in [6.45, 7) is 0. The molecule has 1 aliphatic heterocycles. The number of nitrogens with zero attached hydrogens (tertiary/aromatic N) is 2. The zero-order chi connectivity index (χ0) is 23.1. The van der Waals surface area contributed by atoms with Crippen molar-refractivity contribution in [2.75, 3.05) is 0 Å². The lowest BCUT2D eigenvalue weighted by Gasteiger charge is -2.15. The first-order chi connectivity index (χ1) is 16.6. The molecular weight excluding hydrogens is 427 g/mol. The van der Waals surface area contributed by atoms with Crippen LogP contribution in [-0.4, -0.2) is 9.97 Å². The average molecular weight is 447 g/mol. The van der Waals surface area contributed by atoms with Gasteiger partial charge in [0.1, 0.15) is 11.2 Å². The highest BCUT2D eigenvalue weighted by Crippen LogP contribution is 2.52. The first-order valence-electron chi connectivity index (χ1n) is 11.1. The summed E-state index contributed by atoms with van der Waals surface area (Å²) in [6.07, 6.45) is 3.29. The normalized spacial score (nSPS) is 16.5. The number of ether oxygens (including phenoxy) is 1. The van der Waals surface area contributed by atoms with Crippen LogP contribution in [0.3, 0.4) is 0 Å². The van der Waals surface area contributed by atoms with Gasteiger partial charge in [-0.15, -0.1) is 0 Å². The van der Waals surface area contributed by atoms with Gasteiger partial charge in [-0.3, -0.25) is 4.98 Å². The molecule has 0 amide bonds. The van der Waals surface area contributed by atoms with Crippen LogP contribution in [0.25, 0.3) is 22.3 Å². The SMILES string of the molecule is [2H]c1cccnc1P1(=O)c2ccccc2-c2ccc(-c3cccc(Oc4ccccn4)c3)cc21. The molecular formula is C28H19N2O2P. The molecule has 5 aromatic rings. The molecule has 33 heavy (non-hydrogen) atoms. The van der Waals surface area contributed by atoms with Crippen molar-refractivity contribution < 1.29 is 10.7 Å². The van der Waals surface area contributed by atoms with Crippen LogP contribution >= 0.6 is 7.14 Å². The predicted molar refractivity (Wildman–Crippen MR) is 132 cm³/mol. The fraction of sp³-hybridized carbons (Fsp3) is 0. The van der Waals surface area contributed by atoms with Crippen molar-refractivity contribution in [2.45, 2.75) is 0 Å². The van der Waals surface area contributed by atoms with Crippen LogP contribution in [-0.2, 0) is 4.57 Å². The first-order valence-corrected chi connectivity index (χ1v) is 12.3. The minimum Gasteiger partial charge on any atom is -0.439 e. The highest BCUT2D eigenvalue weighted by Gasteiger charge is 2.41. The molecule has 1 unspecified atom stereocenters. The summed E-state index contributed by atoms with van der Waals surface area (Å²) in [7, 11) is -3.29. The van der Waals surface area contributed by atoms with E-state index in [0.29, 0.717) is 17.1 Å². The van der Waals surface area contributed by atoms with E-state index < -0.39 is 7.14 Å². The number of benzene rings is 3. The number of aromatic nitrogens is 2. The van der Waals surface area contributed by atoms with Crippen LogP contribution in [0.5, 0.6) is 11.6 Å². The van der Waals surface area contributed by atoms with Crippen molar-refractivity contribution in [3.63, 3.8) is 0 Å². The molecule has 0 N–H and O–H groups in total. The van der Waals surface area contributed by atoms with Crippen molar-refractivity contribution >= 4 is 23.2 Å². The lowest BCUT2D eigenvalue weighted by atomic mass is 10.0. The van der Waals surface area contributed by atoms with Gasteiger partial charge in [-0.05, 0) is 58.6 Å². The van der Waals surface area contributed by atoms with Crippen LogP contribution in [0.1, 0.15) is 1.37 Å². The molecule has 6 rings (SSSR count). The maximum absolute atomic E-state index is 14.8. The molecule has 1 aliphatic rings. The maximum atomic E-state index is 14.8. The Morgan fingerprint density at radius 2 is 1.48 bits per heavy atom. The van der Waals surface area contributed by atoms with Crippen molar-refractivity contribution in [2.24, 2.45) is 0 Å². The second kappa shape index (κ2) is 7.84. The van der Waals surface area contributed by atoms with Gasteiger partial charge in [0.15, 0.2) is 7.14 Å². The molecule has 0 fully saturated rings. The Hall–Kier alpha value is -4.01. The second-order valence-electron chi connectivity index (χ2n) is 7.76. The van der Waals surface area contributed by atoms with Gasteiger partial charge in [0.2, 0.25) is 5.88 Å². The largest absolute Gasteiger partial charge is 0.439 e. The number of fused-ring (bicyclic) bond motifs is 3. The van der Waals surface area contributed by atoms with Crippen molar-refractivity contribution in [1.29, 1.82) is 0 Å². The summed E-state index contributed by atoms with van der Waals surface area (Å²) < 4.78 is 29.1. The summed E-state index contributed by atoms with van der Waals surface area (Å²) in [4.78, 5) is 8.64. The first kappa shape index (κ1) is 18.6. The minimum atomic E-state index is -3.29. The van der Waals surface area contributed by atoms with Gasteiger partial charge in [0, 0.05) is 29.1 Å². The Morgan fingerprint density at radius 3 is 2.36 bits per heavy atom. The van der Waals surface area contributed by atoms with Crippen LogP contribution in [0.2, 0.25) is 0 Å². The Kier molecular flexibility index (Phi) is 4.41. The number of hydrogen-bond acceptors (Lipinski definition) is 4. The van der Waals surface area contributed by atoms with Gasteiger partial charge in [-0.25, -0.2) is 4.98 Å². The van der Waals surface area contributed by atoms with Crippen molar-refractivity contribution in [3.8, 4) is 33.9 Å². The highest BCUT2D eigenvalue weighted by molar-refractivity contribution is 7.86. The van der Waals surface area contributed by atoms with Gasteiger partial charge >= 0.3 is 0 Å². The number of rotatable bonds is 4. The van der Waals surface area contributed by atoms with E-state index in [1.54, 1.807) is 30.6 Å². The fourth-order valence-corrected chi connectivity index (χ4v) is 7.18. The Morgan fingerprint density at radius 1 is 0.697 bits per heavy atom. The zero-order valence-electron chi connectivity index (χ0n) is 18.6. The van der Waals surface area contributed by atoms with E-state index in [1.807, 2.05) is 78.9 Å². The molecule has 0 aliphatic carbocycles. The maximum Gasteiger partial charge on any atom is 0.219 e. The van der Waals surface area contributed by atoms with Crippen LogP contribution in [0.4, 0.5) is 0 Å². The summed E-state index contributed by atoms with van der Waals surface area (Å²) in [5.41, 5.74) is 4.04. The lowest BCUT2D eigenvalue weighted by Crippen LogP contribution is -2.23. The zero-order valence-corrected chi connectivity index (χ0v) is 18.4. The highest BCUT2D eigenvalue weighted by atomic mass is 31.2. The number of hydrogen-bond donors (Lipinski definition) is 0. The fourth-order valence-electron chi connectivity index (χ4n) is 4.29. The quantitative estimate of drug-likeness (QED) is 0.332. The van der Waals surface area contributed by atoms with Gasteiger partial charge < -0.3 is 9.30 Å². The molecule has 3 aromatic carbocycles. The van der Waals surface area contributed by atoms with E-state index in [1.165, 1.54) is 0 Å². The van der Waals surface area contributed by atoms with Gasteiger partial charge in [0.05, 0.1) is 1.37 Å². The number of pyridine rings is 2. The molecule has 0 spiro atoms. The monoisotopic (exact) mass is 447 g/mol. The molecule has 0 bridgehead atoms. The smallest absolute Gasteiger partial charge is 0.219 e. The standard InChI is InChI=1S/C28H19N2O2P/c31-33(28-13-4-6-17-30-28)25-11-2-1-10-23(25)24-15-14-21(19-26(24)33)20-8-7-9-22(18-20)32-27-12-3-5-16-29-27/h1-19H/i13D. The van der Waals surface area contributed by atoms with E-state index in [0.717, 1.165) is 32.9 Å². The minimum absolute atomic E-state index is 0.185. The van der Waals surface area contributed by atoms with Crippen LogP contribution < -0.4 is 20.8 Å². The van der Waals surface area contributed by atoms with E-state index in [-0.39, 0.29) is 6.04 Å². The van der Waals surface area contributed by atoms with Gasteiger partial charge in [0.25, 0.3) is 0 Å². The summed E-state index contributed by atoms with van der Waals surface area (Å²) >= 11 is 0. The molecule has 3 heterocycles. The van der Waals surface area contributed by atoms with Crippen LogP contribution in [0.15, 0.2) is 115 Å². The average Bonchev–Trinajstić information content (AvgIpc) is 3.14. The third-order valence-electron chi connectivity index (χ3n) is 5.79. The molecule has 0 radical (unpaired) electrons. The molecule has 0 saturated carbocycles. The van der Waals surface area contributed by atoms with Crippen molar-refractivity contribution in [3.05, 3.63) is 115 Å². The molecule has 1 atom stereocenters. The predicted octanol–water partition coefficient (Wildman–Crippen LogP) is 5.56. The summed E-state index contributed by atoms with van der Waals surface area (Å²) in [5, 5.41) is 1.45. The Bertz CT molecular complexity index is 1590. The van der Waals surface area contributed by atoms with Crippen LogP contribution in [0, 0.1) is 0 Å². The third kappa shape index (κ3) is 3.27. The second-order valence-corrected chi connectivity index (χ2v) is 10.4. The molecule has 0 saturated heterocycles. The third-order valence-corrected chi connectivity index (χ3v) is 8.75. The Balaban J connectivity index is 1.49. The van der Waals surface area contributed by atoms with E-state index in [4.69, 9.17) is 6.11 Å². The molecule has 4 nitrogen and oxygen atoms in total. The van der Waals surface area contributed by atoms with Gasteiger partial charge in [-0.1, -0.05) is 60.7 Å². The molecule has 2 aromatic heterocycles. The van der Waals surface area contributed by atoms with E-state index in [9.17, 15) is 4.57 Å². The topological polar surface area (TPSA) is 52.1 Å². The van der Waals surface area contributed by atoms with Crippen molar-refractivity contribution in [1.82, 2.24) is 9.97 Å². The molecule has 5 heteroatoms. The summed E-state index contributed by atoms with van der Waals surface area (Å²) in [5.74, 6) is 1.19. The van der Waals surface area contributed by atoms with E-state index >= 15 is 0 Å². The molecule has 158 valence electrons. The summed E-state index contributed by atoms with van der Waals surface area (Å²) in [6, 6.07) is 30.5. The van der Waals surface area contributed by atoms with Gasteiger partial charge in [-0.2, -0.15) is 0 Å².